The molecule has 2 aromatic rings. The van der Waals surface area contributed by atoms with Crippen molar-refractivity contribution in [2.24, 2.45) is 0 Å². The third-order valence-corrected chi connectivity index (χ3v) is 5.40. The molecule has 0 atom stereocenters. The first-order valence-electron chi connectivity index (χ1n) is 9.81. The predicted octanol–water partition coefficient (Wildman–Crippen LogP) is 4.03. The van der Waals surface area contributed by atoms with Gasteiger partial charge in [0.2, 0.25) is 5.91 Å². The second-order valence-electron chi connectivity index (χ2n) is 7.42. The Morgan fingerprint density at radius 1 is 1.07 bits per heavy atom. The van der Waals surface area contributed by atoms with Crippen LogP contribution in [0.15, 0.2) is 42.5 Å². The zero-order chi connectivity index (χ0) is 20.1. The smallest absolute Gasteiger partial charge is 0.224 e. The minimum Gasteiger partial charge on any atom is -0.493 e. The second kappa shape index (κ2) is 9.11. The molecule has 28 heavy (non-hydrogen) atoms. The van der Waals surface area contributed by atoms with Crippen LogP contribution in [0, 0.1) is 6.92 Å². The molecule has 0 aliphatic carbocycles. The summed E-state index contributed by atoms with van der Waals surface area (Å²) in [4.78, 5) is 16.8. The maximum absolute atomic E-state index is 12.4. The van der Waals surface area contributed by atoms with Gasteiger partial charge in [-0.1, -0.05) is 29.8 Å². The molecular weight excluding hydrogens is 352 g/mol. The SMILES string of the molecule is COc1ccc(N(C(C)=O)C2CCN(Cc3cccc(C)c3)CC2)cc1OC. The highest BCUT2D eigenvalue weighted by molar-refractivity contribution is 5.92. The number of amides is 1. The zero-order valence-corrected chi connectivity index (χ0v) is 17.3. The van der Waals surface area contributed by atoms with Gasteiger partial charge in [-0.25, -0.2) is 0 Å². The summed E-state index contributed by atoms with van der Waals surface area (Å²) in [5.74, 6) is 1.37. The van der Waals surface area contributed by atoms with Crippen molar-refractivity contribution in [3.63, 3.8) is 0 Å². The Balaban J connectivity index is 1.69. The molecule has 1 saturated heterocycles. The first kappa shape index (κ1) is 20.2. The molecule has 0 unspecified atom stereocenters. The van der Waals surface area contributed by atoms with Crippen LogP contribution in [0.3, 0.4) is 0 Å². The van der Waals surface area contributed by atoms with Gasteiger partial charge in [-0.05, 0) is 37.5 Å². The molecule has 150 valence electrons. The minimum atomic E-state index is 0.0596. The highest BCUT2D eigenvalue weighted by Gasteiger charge is 2.28. The summed E-state index contributed by atoms with van der Waals surface area (Å²) in [5, 5.41) is 0. The second-order valence-corrected chi connectivity index (χ2v) is 7.42. The van der Waals surface area contributed by atoms with Gasteiger partial charge < -0.3 is 14.4 Å². The molecule has 2 aromatic carbocycles. The van der Waals surface area contributed by atoms with Crippen molar-refractivity contribution in [2.45, 2.75) is 39.3 Å². The van der Waals surface area contributed by atoms with E-state index in [1.165, 1.54) is 11.1 Å². The maximum Gasteiger partial charge on any atom is 0.224 e. The highest BCUT2D eigenvalue weighted by Crippen LogP contribution is 2.33. The van der Waals surface area contributed by atoms with Gasteiger partial charge >= 0.3 is 0 Å². The third-order valence-electron chi connectivity index (χ3n) is 5.40. The predicted molar refractivity (Wildman–Crippen MR) is 112 cm³/mol. The summed E-state index contributed by atoms with van der Waals surface area (Å²) in [6.45, 7) is 6.69. The van der Waals surface area contributed by atoms with Crippen molar-refractivity contribution in [2.75, 3.05) is 32.2 Å². The van der Waals surface area contributed by atoms with Crippen molar-refractivity contribution < 1.29 is 14.3 Å². The molecule has 0 spiro atoms. The fourth-order valence-corrected chi connectivity index (χ4v) is 4.03. The van der Waals surface area contributed by atoms with Gasteiger partial charge in [0.05, 0.1) is 14.2 Å². The summed E-state index contributed by atoms with van der Waals surface area (Å²) in [6, 6.07) is 14.6. The molecule has 0 radical (unpaired) electrons. The van der Waals surface area contributed by atoms with E-state index in [-0.39, 0.29) is 11.9 Å². The van der Waals surface area contributed by atoms with Crippen molar-refractivity contribution in [1.29, 1.82) is 0 Å². The van der Waals surface area contributed by atoms with Gasteiger partial charge in [0, 0.05) is 44.4 Å². The van der Waals surface area contributed by atoms with Crippen LogP contribution < -0.4 is 14.4 Å². The van der Waals surface area contributed by atoms with Gasteiger partial charge in [-0.3, -0.25) is 9.69 Å². The fraction of sp³-hybridized carbons (Fsp3) is 0.435. The quantitative estimate of drug-likeness (QED) is 0.756. The summed E-state index contributed by atoms with van der Waals surface area (Å²) >= 11 is 0. The molecule has 5 heteroatoms. The van der Waals surface area contributed by atoms with Gasteiger partial charge in [0.1, 0.15) is 0 Å². The lowest BCUT2D eigenvalue weighted by molar-refractivity contribution is -0.117. The lowest BCUT2D eigenvalue weighted by Gasteiger charge is -2.38. The van der Waals surface area contributed by atoms with Crippen molar-refractivity contribution in [3.05, 3.63) is 53.6 Å². The molecule has 1 aliphatic rings. The summed E-state index contributed by atoms with van der Waals surface area (Å²) in [7, 11) is 3.23. The van der Waals surface area contributed by atoms with Crippen LogP contribution in [0.25, 0.3) is 0 Å². The van der Waals surface area contributed by atoms with Crippen LogP contribution >= 0.6 is 0 Å². The Morgan fingerprint density at radius 2 is 1.79 bits per heavy atom. The largest absolute Gasteiger partial charge is 0.493 e. The molecule has 1 heterocycles. The van der Waals surface area contributed by atoms with Crippen LogP contribution in [-0.4, -0.2) is 44.2 Å². The standard InChI is InChI=1S/C23H30N2O3/c1-17-6-5-7-19(14-17)16-24-12-10-20(11-13-24)25(18(2)26)21-8-9-22(27-3)23(15-21)28-4/h5-9,14-15,20H,10-13,16H2,1-4H3. The van der Waals surface area contributed by atoms with E-state index in [0.717, 1.165) is 38.2 Å². The number of rotatable bonds is 6. The van der Waals surface area contributed by atoms with Crippen LogP contribution in [0.5, 0.6) is 11.5 Å². The van der Waals surface area contributed by atoms with E-state index in [1.54, 1.807) is 21.1 Å². The monoisotopic (exact) mass is 382 g/mol. The Hall–Kier alpha value is -2.53. The van der Waals surface area contributed by atoms with Crippen molar-refractivity contribution >= 4 is 11.6 Å². The van der Waals surface area contributed by atoms with Gasteiger partial charge in [0.25, 0.3) is 0 Å². The van der Waals surface area contributed by atoms with E-state index < -0.39 is 0 Å². The number of methoxy groups -OCH3 is 2. The van der Waals surface area contributed by atoms with Crippen molar-refractivity contribution in [3.8, 4) is 11.5 Å². The van der Waals surface area contributed by atoms with E-state index in [9.17, 15) is 4.79 Å². The number of carbonyl (C=O) groups excluding carboxylic acids is 1. The molecule has 0 saturated carbocycles. The molecule has 1 fully saturated rings. The average molecular weight is 383 g/mol. The summed E-state index contributed by atoms with van der Waals surface area (Å²) in [5.41, 5.74) is 3.51. The van der Waals surface area contributed by atoms with Crippen LogP contribution in [-0.2, 0) is 11.3 Å². The summed E-state index contributed by atoms with van der Waals surface area (Å²) in [6.07, 6.45) is 1.92. The molecule has 1 aliphatic heterocycles. The normalized spacial score (nSPS) is 15.3. The van der Waals surface area contributed by atoms with Gasteiger partial charge in [-0.2, -0.15) is 0 Å². The van der Waals surface area contributed by atoms with Crippen LogP contribution in [0.1, 0.15) is 30.9 Å². The lowest BCUT2D eigenvalue weighted by Crippen LogP contribution is -2.46. The fourth-order valence-electron chi connectivity index (χ4n) is 4.03. The Kier molecular flexibility index (Phi) is 6.57. The molecule has 0 aromatic heterocycles. The van der Waals surface area contributed by atoms with Crippen LogP contribution in [0.4, 0.5) is 5.69 Å². The van der Waals surface area contributed by atoms with Gasteiger partial charge in [-0.15, -0.1) is 0 Å². The van der Waals surface area contributed by atoms with Crippen molar-refractivity contribution in [1.82, 2.24) is 4.90 Å². The van der Waals surface area contributed by atoms with E-state index >= 15 is 0 Å². The Labute approximate surface area is 167 Å². The number of likely N-dealkylation sites (tertiary alicyclic amines) is 1. The van der Waals surface area contributed by atoms with E-state index in [1.807, 2.05) is 23.1 Å². The minimum absolute atomic E-state index is 0.0596. The molecule has 5 nitrogen and oxygen atoms in total. The number of aryl methyl sites for hydroxylation is 1. The van der Waals surface area contributed by atoms with E-state index in [0.29, 0.717) is 11.5 Å². The Morgan fingerprint density at radius 3 is 2.39 bits per heavy atom. The number of piperidine rings is 1. The summed E-state index contributed by atoms with van der Waals surface area (Å²) < 4.78 is 10.7. The lowest BCUT2D eigenvalue weighted by atomic mass is 10.0. The van der Waals surface area contributed by atoms with E-state index in [4.69, 9.17) is 9.47 Å². The van der Waals surface area contributed by atoms with Crippen LogP contribution in [0.2, 0.25) is 0 Å². The van der Waals surface area contributed by atoms with Gasteiger partial charge in [0.15, 0.2) is 11.5 Å². The molecule has 1 amide bonds. The number of hydrogen-bond donors (Lipinski definition) is 0. The number of benzene rings is 2. The zero-order valence-electron chi connectivity index (χ0n) is 17.3. The topological polar surface area (TPSA) is 42.0 Å². The molecule has 0 bridgehead atoms. The molecule has 0 N–H and O–H groups in total. The van der Waals surface area contributed by atoms with E-state index in [2.05, 4.69) is 36.1 Å². The molecular formula is C23H30N2O3. The number of anilines is 1. The number of carbonyl (C=O) groups is 1. The molecule has 3 rings (SSSR count). The third kappa shape index (κ3) is 4.65. The number of nitrogens with zero attached hydrogens (tertiary/aromatic N) is 2. The number of hydrogen-bond acceptors (Lipinski definition) is 4. The first-order chi connectivity index (χ1) is 13.5. The Bertz CT molecular complexity index is 813. The average Bonchev–Trinajstić information content (AvgIpc) is 2.69. The number of ether oxygens (including phenoxy) is 2. The highest BCUT2D eigenvalue weighted by atomic mass is 16.5. The first-order valence-corrected chi connectivity index (χ1v) is 9.81. The maximum atomic E-state index is 12.4.